The summed E-state index contributed by atoms with van der Waals surface area (Å²) in [6.07, 6.45) is 3.07. The highest BCUT2D eigenvalue weighted by molar-refractivity contribution is 7.10. The molecule has 6 heteroatoms. The number of nitrogens with zero attached hydrogens (tertiary/aromatic N) is 2. The van der Waals surface area contributed by atoms with Gasteiger partial charge in [-0.2, -0.15) is 0 Å². The SMILES string of the molecule is Cc1ccc(-c2ccccc2NC(=O)c2csc(C3CCN(C(=O)CCc4ccccc4)CC3)n2)cc1. The maximum atomic E-state index is 13.1. The van der Waals surface area contributed by atoms with E-state index in [0.717, 1.165) is 54.2 Å². The third-order valence-electron chi connectivity index (χ3n) is 6.96. The number of hydrogen-bond acceptors (Lipinski definition) is 4. The quantitative estimate of drug-likeness (QED) is 0.301. The number of nitrogens with one attached hydrogen (secondary N) is 1. The van der Waals surface area contributed by atoms with Gasteiger partial charge in [-0.15, -0.1) is 11.3 Å². The van der Waals surface area contributed by atoms with Gasteiger partial charge >= 0.3 is 0 Å². The molecule has 5 nitrogen and oxygen atoms in total. The van der Waals surface area contributed by atoms with Crippen LogP contribution in [0, 0.1) is 6.92 Å². The lowest BCUT2D eigenvalue weighted by atomic mass is 9.97. The molecule has 1 aromatic heterocycles. The fourth-order valence-corrected chi connectivity index (χ4v) is 5.74. The van der Waals surface area contributed by atoms with Crippen molar-refractivity contribution >= 4 is 28.8 Å². The summed E-state index contributed by atoms with van der Waals surface area (Å²) in [4.78, 5) is 32.4. The summed E-state index contributed by atoms with van der Waals surface area (Å²) >= 11 is 1.54. The highest BCUT2D eigenvalue weighted by Crippen LogP contribution is 2.32. The van der Waals surface area contributed by atoms with E-state index in [-0.39, 0.29) is 17.7 Å². The molecule has 0 unspecified atom stereocenters. The number of aryl methyl sites for hydroxylation is 2. The molecule has 4 aromatic rings. The van der Waals surface area contributed by atoms with E-state index < -0.39 is 0 Å². The van der Waals surface area contributed by atoms with Crippen molar-refractivity contribution in [3.8, 4) is 11.1 Å². The standard InChI is InChI=1S/C31H31N3O2S/c1-22-11-14-24(15-12-22)26-9-5-6-10-27(26)32-30(36)28-21-37-31(33-28)25-17-19-34(20-18-25)29(35)16-13-23-7-3-2-4-8-23/h2-12,14-15,21,25H,13,16-20H2,1H3,(H,32,36). The first-order valence-corrected chi connectivity index (χ1v) is 13.7. The van der Waals surface area contributed by atoms with Crippen LogP contribution < -0.4 is 5.32 Å². The Balaban J connectivity index is 1.17. The van der Waals surface area contributed by atoms with E-state index in [1.54, 1.807) is 0 Å². The number of carbonyl (C=O) groups excluding carboxylic acids is 2. The van der Waals surface area contributed by atoms with Gasteiger partial charge in [-0.3, -0.25) is 9.59 Å². The fraction of sp³-hybridized carbons (Fsp3) is 0.258. The lowest BCUT2D eigenvalue weighted by Crippen LogP contribution is -2.38. The van der Waals surface area contributed by atoms with Crippen LogP contribution in [0.3, 0.4) is 0 Å². The molecule has 188 valence electrons. The Hall–Kier alpha value is -3.77. The molecule has 37 heavy (non-hydrogen) atoms. The zero-order chi connectivity index (χ0) is 25.6. The Morgan fingerprint density at radius 3 is 2.41 bits per heavy atom. The number of rotatable bonds is 7. The summed E-state index contributed by atoms with van der Waals surface area (Å²) in [5.41, 5.74) is 5.65. The van der Waals surface area contributed by atoms with Gasteiger partial charge in [0.15, 0.2) is 0 Å². The van der Waals surface area contributed by atoms with Crippen LogP contribution in [0.1, 0.15) is 51.8 Å². The highest BCUT2D eigenvalue weighted by Gasteiger charge is 2.26. The van der Waals surface area contributed by atoms with Crippen LogP contribution in [-0.2, 0) is 11.2 Å². The van der Waals surface area contributed by atoms with Crippen molar-refractivity contribution < 1.29 is 9.59 Å². The average molecular weight is 510 g/mol. The number of amides is 2. The molecule has 0 atom stereocenters. The zero-order valence-electron chi connectivity index (χ0n) is 21.0. The molecule has 3 aromatic carbocycles. The lowest BCUT2D eigenvalue weighted by molar-refractivity contribution is -0.132. The Morgan fingerprint density at radius 2 is 1.65 bits per heavy atom. The van der Waals surface area contributed by atoms with Gasteiger partial charge in [0, 0.05) is 42.1 Å². The molecule has 1 N–H and O–H groups in total. The Morgan fingerprint density at radius 1 is 0.946 bits per heavy atom. The number of likely N-dealkylation sites (tertiary alicyclic amines) is 1. The molecular formula is C31H31N3O2S. The molecule has 2 heterocycles. The average Bonchev–Trinajstić information content (AvgIpc) is 3.44. The topological polar surface area (TPSA) is 62.3 Å². The molecule has 0 saturated carbocycles. The summed E-state index contributed by atoms with van der Waals surface area (Å²) in [7, 11) is 0. The zero-order valence-corrected chi connectivity index (χ0v) is 21.8. The molecule has 1 aliphatic heterocycles. The first kappa shape index (κ1) is 24.9. The third-order valence-corrected chi connectivity index (χ3v) is 7.97. The predicted octanol–water partition coefficient (Wildman–Crippen LogP) is 6.71. The van der Waals surface area contributed by atoms with E-state index in [1.807, 2.05) is 52.7 Å². The number of piperidine rings is 1. The molecule has 0 aliphatic carbocycles. The van der Waals surface area contributed by atoms with Gasteiger partial charge in [0.2, 0.25) is 5.91 Å². The monoisotopic (exact) mass is 509 g/mol. The van der Waals surface area contributed by atoms with Gasteiger partial charge in [0.05, 0.1) is 5.01 Å². The van der Waals surface area contributed by atoms with Crippen molar-refractivity contribution in [3.05, 3.63) is 106 Å². The second-order valence-corrected chi connectivity index (χ2v) is 10.5. The summed E-state index contributed by atoms with van der Waals surface area (Å²) in [6, 6.07) is 26.3. The van der Waals surface area contributed by atoms with Crippen molar-refractivity contribution in [2.24, 2.45) is 0 Å². The molecule has 5 rings (SSSR count). The van der Waals surface area contributed by atoms with Gasteiger partial charge in [-0.05, 0) is 43.4 Å². The Kier molecular flexibility index (Phi) is 7.76. The summed E-state index contributed by atoms with van der Waals surface area (Å²) in [6.45, 7) is 3.54. The lowest BCUT2D eigenvalue weighted by Gasteiger charge is -2.31. The van der Waals surface area contributed by atoms with Gasteiger partial charge in [-0.1, -0.05) is 78.4 Å². The molecule has 1 fully saturated rings. The molecule has 0 spiro atoms. The van der Waals surface area contributed by atoms with Crippen LogP contribution in [-0.4, -0.2) is 34.8 Å². The largest absolute Gasteiger partial charge is 0.343 e. The smallest absolute Gasteiger partial charge is 0.275 e. The Bertz CT molecular complexity index is 1360. The molecule has 1 aliphatic rings. The minimum atomic E-state index is -0.199. The predicted molar refractivity (Wildman–Crippen MR) is 150 cm³/mol. The van der Waals surface area contributed by atoms with Crippen molar-refractivity contribution in [2.75, 3.05) is 18.4 Å². The van der Waals surface area contributed by atoms with E-state index in [1.165, 1.54) is 22.5 Å². The number of carbonyl (C=O) groups is 2. The first-order valence-electron chi connectivity index (χ1n) is 12.8. The van der Waals surface area contributed by atoms with E-state index in [0.29, 0.717) is 12.1 Å². The number of anilines is 1. The number of hydrogen-bond donors (Lipinski definition) is 1. The van der Waals surface area contributed by atoms with Gasteiger partial charge in [0.1, 0.15) is 5.69 Å². The van der Waals surface area contributed by atoms with Gasteiger partial charge < -0.3 is 10.2 Å². The first-order chi connectivity index (χ1) is 18.1. The van der Waals surface area contributed by atoms with Crippen molar-refractivity contribution in [3.63, 3.8) is 0 Å². The summed E-state index contributed by atoms with van der Waals surface area (Å²) in [5, 5.41) is 5.88. The van der Waals surface area contributed by atoms with Crippen LogP contribution in [0.15, 0.2) is 84.2 Å². The minimum Gasteiger partial charge on any atom is -0.343 e. The third kappa shape index (κ3) is 6.15. The Labute approximate surface area is 222 Å². The maximum absolute atomic E-state index is 13.1. The van der Waals surface area contributed by atoms with E-state index in [9.17, 15) is 9.59 Å². The number of para-hydroxylation sites is 1. The highest BCUT2D eigenvalue weighted by atomic mass is 32.1. The van der Waals surface area contributed by atoms with Crippen LogP contribution in [0.2, 0.25) is 0 Å². The molecule has 0 radical (unpaired) electrons. The number of aromatic nitrogens is 1. The fourth-order valence-electron chi connectivity index (χ4n) is 4.77. The van der Waals surface area contributed by atoms with Crippen molar-refractivity contribution in [2.45, 2.75) is 38.5 Å². The van der Waals surface area contributed by atoms with Crippen LogP contribution in [0.5, 0.6) is 0 Å². The van der Waals surface area contributed by atoms with Crippen LogP contribution in [0.25, 0.3) is 11.1 Å². The molecule has 0 bridgehead atoms. The van der Waals surface area contributed by atoms with Gasteiger partial charge in [0.25, 0.3) is 5.91 Å². The van der Waals surface area contributed by atoms with E-state index in [4.69, 9.17) is 4.98 Å². The maximum Gasteiger partial charge on any atom is 0.275 e. The molecule has 1 saturated heterocycles. The second kappa shape index (κ2) is 11.5. The normalized spacial score (nSPS) is 13.9. The summed E-state index contributed by atoms with van der Waals surface area (Å²) < 4.78 is 0. The number of thiazole rings is 1. The second-order valence-electron chi connectivity index (χ2n) is 9.58. The number of benzene rings is 3. The van der Waals surface area contributed by atoms with Crippen molar-refractivity contribution in [1.82, 2.24) is 9.88 Å². The molecular weight excluding hydrogens is 478 g/mol. The van der Waals surface area contributed by atoms with E-state index >= 15 is 0 Å². The minimum absolute atomic E-state index is 0.199. The van der Waals surface area contributed by atoms with Crippen LogP contribution in [0.4, 0.5) is 5.69 Å². The van der Waals surface area contributed by atoms with E-state index in [2.05, 4.69) is 48.6 Å². The summed E-state index contributed by atoms with van der Waals surface area (Å²) in [5.74, 6) is 0.300. The van der Waals surface area contributed by atoms with Gasteiger partial charge in [-0.25, -0.2) is 4.98 Å². The van der Waals surface area contributed by atoms with Crippen molar-refractivity contribution in [1.29, 1.82) is 0 Å². The molecule has 2 amide bonds. The van der Waals surface area contributed by atoms with Crippen LogP contribution >= 0.6 is 11.3 Å².